The molecule has 1 amide bonds. The Morgan fingerprint density at radius 2 is 1.98 bits per heavy atom. The highest BCUT2D eigenvalue weighted by Crippen LogP contribution is 2.31. The third kappa shape index (κ3) is 10.8. The molecule has 0 unspecified atom stereocenters. The predicted octanol–water partition coefficient (Wildman–Crippen LogP) is 4.74. The zero-order valence-electron chi connectivity index (χ0n) is 23.4. The zero-order chi connectivity index (χ0) is 29.7. The molecule has 1 fully saturated rings. The van der Waals surface area contributed by atoms with Crippen LogP contribution in [0.3, 0.4) is 0 Å². The van der Waals surface area contributed by atoms with Crippen molar-refractivity contribution in [3.63, 3.8) is 0 Å². The van der Waals surface area contributed by atoms with Gasteiger partial charge in [0.25, 0.3) is 5.91 Å². The number of ether oxygens (including phenoxy) is 5. The number of aromatic nitrogens is 1. The first-order valence-electron chi connectivity index (χ1n) is 13.5. The summed E-state index contributed by atoms with van der Waals surface area (Å²) < 4.78 is 64.9. The number of carbonyl (C=O) groups excluding carboxylic acids is 3. The SMILES string of the molecule is CCCC[C@H]1[C@H](C)OC(=O)[C@@H](NC(=O)c2nccc(OC)c2OCOC(C)=O)CCC[C@@H]1OCCCC(F)(F)F. The lowest BCUT2D eigenvalue weighted by Crippen LogP contribution is -2.43. The Kier molecular flexibility index (Phi) is 13.4. The molecule has 1 aromatic rings. The minimum absolute atomic E-state index is 0.0503. The normalized spacial score (nSPS) is 21.8. The van der Waals surface area contributed by atoms with Crippen molar-refractivity contribution in [1.82, 2.24) is 10.3 Å². The molecule has 10 nitrogen and oxygen atoms in total. The van der Waals surface area contributed by atoms with Gasteiger partial charge in [0, 0.05) is 38.1 Å². The Morgan fingerprint density at radius 1 is 1.23 bits per heavy atom. The molecule has 0 aromatic carbocycles. The van der Waals surface area contributed by atoms with E-state index >= 15 is 0 Å². The van der Waals surface area contributed by atoms with E-state index in [9.17, 15) is 27.6 Å². The van der Waals surface area contributed by atoms with E-state index in [2.05, 4.69) is 10.3 Å². The van der Waals surface area contributed by atoms with Crippen LogP contribution in [0.5, 0.6) is 11.5 Å². The van der Waals surface area contributed by atoms with Crippen LogP contribution < -0.4 is 14.8 Å². The second kappa shape index (κ2) is 16.2. The number of halogens is 3. The van der Waals surface area contributed by atoms with Crippen molar-refractivity contribution in [3.8, 4) is 11.5 Å². The molecule has 1 aliphatic heterocycles. The highest BCUT2D eigenvalue weighted by molar-refractivity contribution is 5.98. The fourth-order valence-electron chi connectivity index (χ4n) is 4.51. The molecule has 1 saturated heterocycles. The summed E-state index contributed by atoms with van der Waals surface area (Å²) in [4.78, 5) is 41.5. The second-order valence-electron chi connectivity index (χ2n) is 9.62. The number of rotatable bonds is 13. The van der Waals surface area contributed by atoms with Crippen molar-refractivity contribution >= 4 is 17.8 Å². The first-order chi connectivity index (χ1) is 19.0. The minimum atomic E-state index is -4.25. The van der Waals surface area contributed by atoms with Gasteiger partial charge in [0.05, 0.1) is 13.2 Å². The molecule has 13 heteroatoms. The number of pyridine rings is 1. The molecule has 40 heavy (non-hydrogen) atoms. The molecule has 0 aliphatic carbocycles. The summed E-state index contributed by atoms with van der Waals surface area (Å²) in [6.07, 6.45) is -1.39. The predicted molar refractivity (Wildman–Crippen MR) is 137 cm³/mol. The van der Waals surface area contributed by atoms with E-state index in [1.165, 1.54) is 26.3 Å². The molecule has 0 bridgehead atoms. The Morgan fingerprint density at radius 3 is 2.62 bits per heavy atom. The largest absolute Gasteiger partial charge is 0.493 e. The summed E-state index contributed by atoms with van der Waals surface area (Å²) in [5.74, 6) is -2.05. The topological polar surface area (TPSA) is 122 Å². The maximum Gasteiger partial charge on any atom is 0.389 e. The third-order valence-electron chi connectivity index (χ3n) is 6.55. The molecule has 1 aliphatic rings. The number of nitrogens with one attached hydrogen (secondary N) is 1. The first-order valence-corrected chi connectivity index (χ1v) is 13.5. The van der Waals surface area contributed by atoms with Gasteiger partial charge in [-0.05, 0) is 39.0 Å². The maximum atomic E-state index is 13.2. The summed E-state index contributed by atoms with van der Waals surface area (Å²) >= 11 is 0. The highest BCUT2D eigenvalue weighted by atomic mass is 19.4. The number of unbranched alkanes of at least 4 members (excludes halogenated alkanes) is 1. The van der Waals surface area contributed by atoms with Crippen LogP contribution in [0.4, 0.5) is 13.2 Å². The Balaban J connectivity index is 2.16. The van der Waals surface area contributed by atoms with E-state index in [-0.39, 0.29) is 42.6 Å². The summed E-state index contributed by atoms with van der Waals surface area (Å²) in [6.45, 7) is 4.42. The summed E-state index contributed by atoms with van der Waals surface area (Å²) in [5, 5.41) is 2.65. The monoisotopic (exact) mass is 576 g/mol. The van der Waals surface area contributed by atoms with Gasteiger partial charge >= 0.3 is 18.1 Å². The van der Waals surface area contributed by atoms with Gasteiger partial charge in [-0.3, -0.25) is 9.59 Å². The summed E-state index contributed by atoms with van der Waals surface area (Å²) in [6, 6.07) is 0.446. The molecule has 226 valence electrons. The van der Waals surface area contributed by atoms with Crippen molar-refractivity contribution in [2.75, 3.05) is 20.5 Å². The van der Waals surface area contributed by atoms with E-state index in [0.717, 1.165) is 12.8 Å². The molecule has 4 atom stereocenters. The van der Waals surface area contributed by atoms with E-state index in [4.69, 9.17) is 23.7 Å². The number of methoxy groups -OCH3 is 1. The minimum Gasteiger partial charge on any atom is -0.493 e. The van der Waals surface area contributed by atoms with E-state index in [1.807, 2.05) is 6.92 Å². The fourth-order valence-corrected chi connectivity index (χ4v) is 4.51. The van der Waals surface area contributed by atoms with Crippen LogP contribution in [0.2, 0.25) is 0 Å². The molecule has 2 heterocycles. The third-order valence-corrected chi connectivity index (χ3v) is 6.55. The maximum absolute atomic E-state index is 13.2. The Hall–Kier alpha value is -3.09. The second-order valence-corrected chi connectivity index (χ2v) is 9.62. The van der Waals surface area contributed by atoms with Gasteiger partial charge in [-0.25, -0.2) is 9.78 Å². The highest BCUT2D eigenvalue weighted by Gasteiger charge is 2.35. The molecular weight excluding hydrogens is 537 g/mol. The lowest BCUT2D eigenvalue weighted by Gasteiger charge is -2.31. The molecular formula is C27H39F3N2O8. The van der Waals surface area contributed by atoms with Gasteiger partial charge in [0.1, 0.15) is 12.1 Å². The van der Waals surface area contributed by atoms with Crippen LogP contribution in [0, 0.1) is 5.92 Å². The van der Waals surface area contributed by atoms with Crippen molar-refractivity contribution in [2.24, 2.45) is 5.92 Å². The number of carbonyl (C=O) groups is 3. The van der Waals surface area contributed by atoms with Gasteiger partial charge in [-0.2, -0.15) is 13.2 Å². The molecule has 0 radical (unpaired) electrons. The van der Waals surface area contributed by atoms with Crippen molar-refractivity contribution in [2.45, 2.75) is 96.6 Å². The lowest BCUT2D eigenvalue weighted by atomic mass is 9.88. The number of hydrogen-bond donors (Lipinski definition) is 1. The standard InChI is InChI=1S/C27H39F3N2O8/c1-5-6-9-19-17(2)40-26(35)20(10-7-11-21(19)37-15-8-13-27(28,29)30)32-25(34)23-24(39-16-38-18(3)33)22(36-4)12-14-31-23/h12,14,17,19-21H,5-11,13,15-16H2,1-4H3,(H,32,34)/t17-,19-,20-,21-/m0/s1. The van der Waals surface area contributed by atoms with Crippen LogP contribution >= 0.6 is 0 Å². The quantitative estimate of drug-likeness (QED) is 0.202. The molecule has 2 rings (SSSR count). The van der Waals surface area contributed by atoms with Crippen molar-refractivity contribution < 1.29 is 51.2 Å². The number of nitrogens with zero attached hydrogens (tertiary/aromatic N) is 1. The average Bonchev–Trinajstić information content (AvgIpc) is 2.93. The smallest absolute Gasteiger partial charge is 0.389 e. The fraction of sp³-hybridized carbons (Fsp3) is 0.704. The van der Waals surface area contributed by atoms with E-state index in [1.54, 1.807) is 6.92 Å². The van der Waals surface area contributed by atoms with Crippen molar-refractivity contribution in [1.29, 1.82) is 0 Å². The Labute approximate surface area is 232 Å². The van der Waals surface area contributed by atoms with Gasteiger partial charge in [0.2, 0.25) is 6.79 Å². The zero-order valence-corrected chi connectivity index (χ0v) is 23.4. The summed E-state index contributed by atoms with van der Waals surface area (Å²) in [7, 11) is 1.36. The van der Waals surface area contributed by atoms with E-state index < -0.39 is 55.5 Å². The van der Waals surface area contributed by atoms with Crippen LogP contribution in [-0.4, -0.2) is 67.8 Å². The molecule has 0 spiro atoms. The van der Waals surface area contributed by atoms with Crippen LogP contribution in [0.15, 0.2) is 12.3 Å². The van der Waals surface area contributed by atoms with Crippen molar-refractivity contribution in [3.05, 3.63) is 18.0 Å². The molecule has 1 N–H and O–H groups in total. The van der Waals surface area contributed by atoms with E-state index in [0.29, 0.717) is 19.3 Å². The van der Waals surface area contributed by atoms with Gasteiger partial charge in [-0.1, -0.05) is 19.8 Å². The summed E-state index contributed by atoms with van der Waals surface area (Å²) in [5.41, 5.74) is -0.182. The molecule has 1 aromatic heterocycles. The average molecular weight is 577 g/mol. The van der Waals surface area contributed by atoms with Gasteiger partial charge in [-0.15, -0.1) is 0 Å². The number of amides is 1. The number of hydrogen-bond acceptors (Lipinski definition) is 9. The van der Waals surface area contributed by atoms with Crippen LogP contribution in [-0.2, 0) is 23.8 Å². The van der Waals surface area contributed by atoms with Crippen LogP contribution in [0.25, 0.3) is 0 Å². The molecule has 0 saturated carbocycles. The van der Waals surface area contributed by atoms with Gasteiger partial charge in [0.15, 0.2) is 17.2 Å². The number of esters is 2. The number of cyclic esters (lactones) is 1. The Bertz CT molecular complexity index is 976. The van der Waals surface area contributed by atoms with Crippen LogP contribution in [0.1, 0.15) is 82.6 Å². The lowest BCUT2D eigenvalue weighted by molar-refractivity contribution is -0.157. The van der Waals surface area contributed by atoms with Gasteiger partial charge < -0.3 is 29.0 Å². The number of alkyl halides is 3. The first kappa shape index (κ1) is 33.1.